The molecular formula is C26H18Cl2FNO5S. The molecule has 3 aromatic rings. The standard InChI is InChI=1S/C26H18Cl2FNO5S/c1-2-34-21-12-15(11-19(28)23(21)35-25(32)17-8-4-5-9-18(17)27)13-22-24(31)30(26(33)36-22)14-16-7-3-6-10-20(16)29/h3-13H,2,14H2,1H3/b22-13-. The molecule has 0 spiro atoms. The maximum Gasteiger partial charge on any atom is 0.345 e. The third kappa shape index (κ3) is 5.56. The molecule has 0 saturated carbocycles. The van der Waals surface area contributed by atoms with Crippen LogP contribution in [-0.2, 0) is 11.3 Å². The fraction of sp³-hybridized carbons (Fsp3) is 0.115. The minimum Gasteiger partial charge on any atom is -0.490 e. The number of halogens is 3. The highest BCUT2D eigenvalue weighted by atomic mass is 35.5. The van der Waals surface area contributed by atoms with E-state index in [1.54, 1.807) is 31.2 Å². The summed E-state index contributed by atoms with van der Waals surface area (Å²) in [6, 6.07) is 15.4. The zero-order valence-corrected chi connectivity index (χ0v) is 21.1. The lowest BCUT2D eigenvalue weighted by molar-refractivity contribution is -0.123. The third-order valence-corrected chi connectivity index (χ3v) is 6.60. The molecule has 0 unspecified atom stereocenters. The summed E-state index contributed by atoms with van der Waals surface area (Å²) in [6.45, 7) is 1.81. The van der Waals surface area contributed by atoms with Crippen LogP contribution in [0.15, 0.2) is 65.6 Å². The zero-order chi connectivity index (χ0) is 25.8. The van der Waals surface area contributed by atoms with Crippen LogP contribution in [0, 0.1) is 5.82 Å². The van der Waals surface area contributed by atoms with Crippen molar-refractivity contribution in [1.82, 2.24) is 4.90 Å². The second-order valence-electron chi connectivity index (χ2n) is 7.49. The molecule has 0 bridgehead atoms. The number of thioether (sulfide) groups is 1. The topological polar surface area (TPSA) is 72.9 Å². The predicted octanol–water partition coefficient (Wildman–Crippen LogP) is 6.99. The molecule has 3 aromatic carbocycles. The summed E-state index contributed by atoms with van der Waals surface area (Å²) in [5, 5.41) is -0.242. The minimum atomic E-state index is -0.717. The van der Waals surface area contributed by atoms with Crippen molar-refractivity contribution in [2.45, 2.75) is 13.5 Å². The predicted molar refractivity (Wildman–Crippen MR) is 137 cm³/mol. The molecule has 184 valence electrons. The van der Waals surface area contributed by atoms with Crippen LogP contribution >= 0.6 is 35.0 Å². The van der Waals surface area contributed by atoms with E-state index in [2.05, 4.69) is 0 Å². The van der Waals surface area contributed by atoms with Gasteiger partial charge in [0.25, 0.3) is 11.1 Å². The van der Waals surface area contributed by atoms with Crippen molar-refractivity contribution in [2.75, 3.05) is 6.61 Å². The highest BCUT2D eigenvalue weighted by Gasteiger charge is 2.35. The first-order valence-corrected chi connectivity index (χ1v) is 12.3. The van der Waals surface area contributed by atoms with Crippen molar-refractivity contribution in [2.24, 2.45) is 0 Å². The quantitative estimate of drug-likeness (QED) is 0.181. The van der Waals surface area contributed by atoms with Crippen LogP contribution in [0.2, 0.25) is 10.0 Å². The molecule has 2 amide bonds. The number of benzene rings is 3. The van der Waals surface area contributed by atoms with Crippen molar-refractivity contribution in [3.05, 3.63) is 98.1 Å². The normalized spacial score (nSPS) is 14.4. The highest BCUT2D eigenvalue weighted by molar-refractivity contribution is 8.18. The number of rotatable bonds is 7. The van der Waals surface area contributed by atoms with Gasteiger partial charge in [-0.05, 0) is 60.7 Å². The van der Waals surface area contributed by atoms with Crippen LogP contribution in [0.5, 0.6) is 11.5 Å². The fourth-order valence-electron chi connectivity index (χ4n) is 3.39. The van der Waals surface area contributed by atoms with Gasteiger partial charge in [0.1, 0.15) is 5.82 Å². The van der Waals surface area contributed by atoms with Gasteiger partial charge < -0.3 is 9.47 Å². The highest BCUT2D eigenvalue weighted by Crippen LogP contribution is 2.40. The molecule has 0 radical (unpaired) electrons. The molecule has 1 heterocycles. The Hall–Kier alpha value is -3.33. The maximum atomic E-state index is 14.0. The van der Waals surface area contributed by atoms with Crippen LogP contribution < -0.4 is 9.47 Å². The summed E-state index contributed by atoms with van der Waals surface area (Å²) in [5.74, 6) is -1.62. The number of carbonyl (C=O) groups is 3. The number of ether oxygens (including phenoxy) is 2. The van der Waals surface area contributed by atoms with Gasteiger partial charge in [0, 0.05) is 5.56 Å². The molecule has 1 saturated heterocycles. The number of hydrogen-bond acceptors (Lipinski definition) is 6. The van der Waals surface area contributed by atoms with E-state index in [1.165, 1.54) is 42.5 Å². The summed E-state index contributed by atoms with van der Waals surface area (Å²) in [4.78, 5) is 39.1. The van der Waals surface area contributed by atoms with E-state index in [-0.39, 0.29) is 50.7 Å². The number of nitrogens with zero attached hydrogens (tertiary/aromatic N) is 1. The van der Waals surface area contributed by atoms with Crippen LogP contribution in [0.25, 0.3) is 6.08 Å². The molecular weight excluding hydrogens is 528 g/mol. The molecule has 0 aromatic heterocycles. The molecule has 0 aliphatic carbocycles. The maximum absolute atomic E-state index is 14.0. The average molecular weight is 546 g/mol. The number of amides is 2. The fourth-order valence-corrected chi connectivity index (χ4v) is 4.70. The lowest BCUT2D eigenvalue weighted by atomic mass is 10.1. The Morgan fingerprint density at radius 1 is 1.06 bits per heavy atom. The van der Waals surface area contributed by atoms with Gasteiger partial charge in [-0.15, -0.1) is 0 Å². The Bertz CT molecular complexity index is 1390. The van der Waals surface area contributed by atoms with Gasteiger partial charge >= 0.3 is 5.97 Å². The summed E-state index contributed by atoms with van der Waals surface area (Å²) in [7, 11) is 0. The Morgan fingerprint density at radius 2 is 1.78 bits per heavy atom. The summed E-state index contributed by atoms with van der Waals surface area (Å²) in [5.41, 5.74) is 0.829. The molecule has 1 aliphatic heterocycles. The van der Waals surface area contributed by atoms with Gasteiger partial charge in [-0.3, -0.25) is 14.5 Å². The van der Waals surface area contributed by atoms with Gasteiger partial charge in [-0.1, -0.05) is 53.5 Å². The Balaban J connectivity index is 1.60. The van der Waals surface area contributed by atoms with Gasteiger partial charge in [0.15, 0.2) is 11.5 Å². The van der Waals surface area contributed by atoms with Crippen LogP contribution in [0.1, 0.15) is 28.4 Å². The Kier molecular flexibility index (Phi) is 7.98. The van der Waals surface area contributed by atoms with Crippen molar-refractivity contribution < 1.29 is 28.2 Å². The lowest BCUT2D eigenvalue weighted by Crippen LogP contribution is -2.27. The monoisotopic (exact) mass is 545 g/mol. The second-order valence-corrected chi connectivity index (χ2v) is 9.30. The Morgan fingerprint density at radius 3 is 2.50 bits per heavy atom. The van der Waals surface area contributed by atoms with Gasteiger partial charge in [-0.2, -0.15) is 0 Å². The first-order chi connectivity index (χ1) is 17.3. The average Bonchev–Trinajstić information content (AvgIpc) is 3.10. The SMILES string of the molecule is CCOc1cc(/C=C2\SC(=O)N(Cc3ccccc3F)C2=O)cc(Cl)c1OC(=O)c1ccccc1Cl. The van der Waals surface area contributed by atoms with Crippen LogP contribution in [0.3, 0.4) is 0 Å². The van der Waals surface area contributed by atoms with E-state index in [0.717, 1.165) is 16.7 Å². The van der Waals surface area contributed by atoms with Crippen molar-refractivity contribution in [3.63, 3.8) is 0 Å². The van der Waals surface area contributed by atoms with E-state index < -0.39 is 22.9 Å². The van der Waals surface area contributed by atoms with Crippen molar-refractivity contribution in [3.8, 4) is 11.5 Å². The molecule has 4 rings (SSSR count). The van der Waals surface area contributed by atoms with Crippen LogP contribution in [-0.4, -0.2) is 28.6 Å². The zero-order valence-electron chi connectivity index (χ0n) is 18.8. The van der Waals surface area contributed by atoms with Crippen molar-refractivity contribution in [1.29, 1.82) is 0 Å². The van der Waals surface area contributed by atoms with Crippen molar-refractivity contribution >= 4 is 58.2 Å². The van der Waals surface area contributed by atoms with Gasteiger partial charge in [-0.25, -0.2) is 9.18 Å². The number of imide groups is 1. The number of carbonyl (C=O) groups excluding carboxylic acids is 3. The number of hydrogen-bond donors (Lipinski definition) is 0. The minimum absolute atomic E-state index is 0.00626. The molecule has 1 fully saturated rings. The molecule has 10 heteroatoms. The third-order valence-electron chi connectivity index (χ3n) is 5.08. The molecule has 36 heavy (non-hydrogen) atoms. The number of esters is 1. The van der Waals surface area contributed by atoms with Crippen LogP contribution in [0.4, 0.5) is 9.18 Å². The Labute approximate surface area is 220 Å². The summed E-state index contributed by atoms with van der Waals surface area (Å²) in [6.07, 6.45) is 1.47. The van der Waals surface area contributed by atoms with E-state index in [0.29, 0.717) is 5.56 Å². The van der Waals surface area contributed by atoms with Gasteiger partial charge in [0.2, 0.25) is 0 Å². The second kappa shape index (κ2) is 11.2. The van der Waals surface area contributed by atoms with E-state index >= 15 is 0 Å². The molecule has 0 N–H and O–H groups in total. The first kappa shape index (κ1) is 25.8. The largest absolute Gasteiger partial charge is 0.490 e. The van der Waals surface area contributed by atoms with E-state index in [4.69, 9.17) is 32.7 Å². The summed E-state index contributed by atoms with van der Waals surface area (Å²) < 4.78 is 25.1. The first-order valence-electron chi connectivity index (χ1n) is 10.7. The smallest absolute Gasteiger partial charge is 0.345 e. The molecule has 6 nitrogen and oxygen atoms in total. The van der Waals surface area contributed by atoms with E-state index in [1.807, 2.05) is 0 Å². The van der Waals surface area contributed by atoms with Gasteiger partial charge in [0.05, 0.1) is 33.7 Å². The molecule has 1 aliphatic rings. The molecule has 0 atom stereocenters. The lowest BCUT2D eigenvalue weighted by Gasteiger charge is -2.14. The summed E-state index contributed by atoms with van der Waals surface area (Å²) >= 11 is 13.2. The van der Waals surface area contributed by atoms with E-state index in [9.17, 15) is 18.8 Å².